The van der Waals surface area contributed by atoms with Gasteiger partial charge in [0, 0.05) is 0 Å². The topological polar surface area (TPSA) is 45.5 Å². The Balaban J connectivity index is 2.38. The summed E-state index contributed by atoms with van der Waals surface area (Å²) in [5, 5.41) is 0.542. The van der Waals surface area contributed by atoms with Gasteiger partial charge in [-0.25, -0.2) is 0 Å². The molecule has 0 saturated heterocycles. The molecule has 0 atom stereocenters. The number of halogens is 4. The zero-order valence-electron chi connectivity index (χ0n) is 11.8. The Kier molecular flexibility index (Phi) is 5.63. The van der Waals surface area contributed by atoms with E-state index in [2.05, 4.69) is 38.4 Å². The number of hydrogen-bond acceptors (Lipinski definition) is 1. The number of pyridine rings is 1. The molecule has 4 nitrogen and oxygen atoms in total. The van der Waals surface area contributed by atoms with Gasteiger partial charge in [0.05, 0.1) is 0 Å². The molecule has 122 valence electrons. The van der Waals surface area contributed by atoms with Crippen LogP contribution in [0.2, 0.25) is 0 Å². The molecule has 2 aromatic heterocycles. The zero-order chi connectivity index (χ0) is 17.0. The van der Waals surface area contributed by atoms with Gasteiger partial charge in [0.15, 0.2) is 0 Å². The Hall–Kier alpha value is -1.62. The maximum atomic E-state index is 12.9. The van der Waals surface area contributed by atoms with E-state index in [9.17, 15) is 18.0 Å². The van der Waals surface area contributed by atoms with Crippen molar-refractivity contribution in [1.82, 2.24) is 15.0 Å². The van der Waals surface area contributed by atoms with Gasteiger partial charge >= 0.3 is 145 Å². The number of carbonyl (C=O) groups is 1. The van der Waals surface area contributed by atoms with Crippen molar-refractivity contribution in [3.8, 4) is 11.8 Å². The van der Waals surface area contributed by atoms with Crippen LogP contribution in [-0.2, 0) is 0 Å². The van der Waals surface area contributed by atoms with E-state index < -0.39 is 26.1 Å². The van der Waals surface area contributed by atoms with Crippen LogP contribution in [0.1, 0.15) is 5.56 Å². The number of nitrogens with one attached hydrogen (secondary N) is 2. The number of fused-ring (bicyclic) bond motifs is 1. The molecule has 0 aromatic carbocycles. The SMILES string of the molecule is CNC(=O)NCC#Cc1cc2c(Br)cccn2c1[Se]C(F)(F)F. The summed E-state index contributed by atoms with van der Waals surface area (Å²) in [5.41, 5.74) is 0.935. The number of rotatable bonds is 2. The molecule has 0 bridgehead atoms. The molecule has 0 radical (unpaired) electrons. The second kappa shape index (κ2) is 7.30. The van der Waals surface area contributed by atoms with Crippen LogP contribution < -0.4 is 15.2 Å². The molecule has 0 fully saturated rings. The van der Waals surface area contributed by atoms with Crippen molar-refractivity contribution in [2.24, 2.45) is 0 Å². The third-order valence-corrected chi connectivity index (χ3v) is 5.15. The Morgan fingerprint density at radius 2 is 2.22 bits per heavy atom. The molecule has 2 heterocycles. The summed E-state index contributed by atoms with van der Waals surface area (Å²) in [5.74, 6) is 5.38. The summed E-state index contributed by atoms with van der Waals surface area (Å²) in [6.07, 6.45) is 1.58. The first-order valence-electron chi connectivity index (χ1n) is 6.31. The van der Waals surface area contributed by atoms with Crippen molar-refractivity contribution in [3.05, 3.63) is 34.4 Å². The van der Waals surface area contributed by atoms with Crippen molar-refractivity contribution >= 4 is 47.0 Å². The van der Waals surface area contributed by atoms with E-state index in [0.717, 1.165) is 0 Å². The van der Waals surface area contributed by atoms with Crippen molar-refractivity contribution in [2.75, 3.05) is 13.6 Å². The molecule has 2 N–H and O–H groups in total. The molecule has 0 spiro atoms. The first kappa shape index (κ1) is 17.7. The maximum absolute atomic E-state index is 12.9. The fourth-order valence-corrected chi connectivity index (χ4v) is 3.71. The third-order valence-electron chi connectivity index (χ3n) is 2.71. The summed E-state index contributed by atoms with van der Waals surface area (Å²) in [4.78, 5) is 11.0. The van der Waals surface area contributed by atoms with Crippen LogP contribution >= 0.6 is 15.9 Å². The van der Waals surface area contributed by atoms with E-state index in [1.54, 1.807) is 24.4 Å². The Morgan fingerprint density at radius 1 is 1.48 bits per heavy atom. The quantitative estimate of drug-likeness (QED) is 0.530. The van der Waals surface area contributed by atoms with E-state index in [1.807, 2.05) is 0 Å². The number of aromatic nitrogens is 1. The number of amides is 2. The summed E-state index contributed by atoms with van der Waals surface area (Å²) < 4.78 is 40.9. The second-order valence-corrected chi connectivity index (χ2v) is 7.32. The van der Waals surface area contributed by atoms with Gasteiger partial charge in [0.1, 0.15) is 0 Å². The van der Waals surface area contributed by atoms with E-state index in [4.69, 9.17) is 0 Å². The molecule has 0 aliphatic carbocycles. The standard InChI is InChI=1S/C14H11BrF3N3OSe/c1-19-13(22)20-6-2-4-9-8-11-10(15)5-3-7-21(11)12(9)23-14(16,17)18/h3,5,7-8H,6H2,1H3,(H2,19,20,22). The molecule has 2 rings (SSSR count). The normalized spacial score (nSPS) is 11.0. The van der Waals surface area contributed by atoms with Crippen LogP contribution in [0.15, 0.2) is 28.9 Å². The van der Waals surface area contributed by atoms with Gasteiger partial charge in [-0.15, -0.1) is 0 Å². The number of urea groups is 1. The monoisotopic (exact) mass is 453 g/mol. The number of nitrogens with zero attached hydrogens (tertiary/aromatic N) is 1. The summed E-state index contributed by atoms with van der Waals surface area (Å²) in [7, 11) is 1.46. The van der Waals surface area contributed by atoms with Crippen LogP contribution in [-0.4, -0.2) is 44.1 Å². The Labute approximate surface area is 145 Å². The van der Waals surface area contributed by atoms with Crippen molar-refractivity contribution in [3.63, 3.8) is 0 Å². The van der Waals surface area contributed by atoms with Crippen molar-refractivity contribution in [2.45, 2.75) is 5.07 Å². The Bertz CT molecular complexity index is 792. The fraction of sp³-hybridized carbons (Fsp3) is 0.214. The predicted octanol–water partition coefficient (Wildman–Crippen LogP) is 1.83. The van der Waals surface area contributed by atoms with Gasteiger partial charge in [-0.2, -0.15) is 0 Å². The summed E-state index contributed by atoms with van der Waals surface area (Å²) in [6, 6.07) is 4.63. The van der Waals surface area contributed by atoms with Crippen LogP contribution in [0.3, 0.4) is 0 Å². The molecule has 2 amide bonds. The van der Waals surface area contributed by atoms with Gasteiger partial charge in [0.25, 0.3) is 0 Å². The van der Waals surface area contributed by atoms with Crippen LogP contribution in [0.4, 0.5) is 18.0 Å². The first-order chi connectivity index (χ1) is 10.8. The summed E-state index contributed by atoms with van der Waals surface area (Å²) >= 11 is 1.60. The molecule has 0 aliphatic rings. The van der Waals surface area contributed by atoms with Crippen LogP contribution in [0.5, 0.6) is 0 Å². The molecular formula is C14H11BrF3N3OSe. The van der Waals surface area contributed by atoms with E-state index in [1.165, 1.54) is 11.4 Å². The molecule has 9 heteroatoms. The average molecular weight is 453 g/mol. The van der Waals surface area contributed by atoms with E-state index in [0.29, 0.717) is 15.6 Å². The summed E-state index contributed by atoms with van der Waals surface area (Å²) in [6.45, 7) is 0.0471. The van der Waals surface area contributed by atoms with Crippen molar-refractivity contribution < 1.29 is 18.0 Å². The van der Waals surface area contributed by atoms with Gasteiger partial charge < -0.3 is 0 Å². The number of carbonyl (C=O) groups excluding carboxylic acids is 1. The molecular weight excluding hydrogens is 442 g/mol. The molecule has 2 aromatic rings. The molecule has 0 unspecified atom stereocenters. The predicted molar refractivity (Wildman–Crippen MR) is 85.9 cm³/mol. The van der Waals surface area contributed by atoms with Crippen molar-refractivity contribution in [1.29, 1.82) is 0 Å². The van der Waals surface area contributed by atoms with Gasteiger partial charge in [-0.05, 0) is 0 Å². The molecule has 0 aliphatic heterocycles. The van der Waals surface area contributed by atoms with Gasteiger partial charge in [-0.1, -0.05) is 0 Å². The average Bonchev–Trinajstić information content (AvgIpc) is 2.81. The van der Waals surface area contributed by atoms with E-state index in [-0.39, 0.29) is 11.1 Å². The number of hydrogen-bond donors (Lipinski definition) is 2. The van der Waals surface area contributed by atoms with Gasteiger partial charge in [0.2, 0.25) is 0 Å². The minimum atomic E-state index is -4.28. The third kappa shape index (κ3) is 4.67. The zero-order valence-corrected chi connectivity index (χ0v) is 15.1. The molecule has 0 saturated carbocycles. The first-order valence-corrected chi connectivity index (χ1v) is 8.82. The van der Waals surface area contributed by atoms with Crippen LogP contribution in [0.25, 0.3) is 5.52 Å². The van der Waals surface area contributed by atoms with Crippen LogP contribution in [0, 0.1) is 11.8 Å². The number of alkyl halides is 3. The molecule has 23 heavy (non-hydrogen) atoms. The minimum absolute atomic E-state index is 0.0471. The van der Waals surface area contributed by atoms with Gasteiger partial charge in [-0.3, -0.25) is 0 Å². The Morgan fingerprint density at radius 3 is 2.87 bits per heavy atom. The van der Waals surface area contributed by atoms with E-state index >= 15 is 0 Å². The second-order valence-electron chi connectivity index (χ2n) is 4.26. The fourth-order valence-electron chi connectivity index (χ4n) is 1.79.